The number of hydrogen-bond acceptors (Lipinski definition) is 1. The lowest BCUT2D eigenvalue weighted by molar-refractivity contribution is 0.198. The van der Waals surface area contributed by atoms with Crippen LogP contribution in [0.3, 0.4) is 0 Å². The smallest absolute Gasteiger partial charge is 0.0466 e. The molecule has 0 saturated carbocycles. The minimum atomic E-state index is 0. The fraction of sp³-hybridized carbons (Fsp3) is 1.00. The molecule has 1 fully saturated rings. The molecule has 34 N–H and O–H groups in total. The SMILES string of the molecule is C1CCOC1.O.O.O.O.O.O.O.O.O.O.O.O.O.O.O.O.O. The van der Waals surface area contributed by atoms with Crippen molar-refractivity contribution in [1.82, 2.24) is 0 Å². The Kier molecular flexibility index (Phi) is 8940. The van der Waals surface area contributed by atoms with E-state index in [2.05, 4.69) is 0 Å². The third-order valence-electron chi connectivity index (χ3n) is 0.827. The van der Waals surface area contributed by atoms with Crippen LogP contribution < -0.4 is 0 Å². The Hall–Kier alpha value is -0.720. The summed E-state index contributed by atoms with van der Waals surface area (Å²) in [6, 6.07) is 0. The average Bonchev–Trinajstić information content (AvgIpc) is 1.76. The Balaban J connectivity index is -0.000000000980. The zero-order valence-electron chi connectivity index (χ0n) is 11.7. The van der Waals surface area contributed by atoms with Gasteiger partial charge in [0.25, 0.3) is 0 Å². The van der Waals surface area contributed by atoms with E-state index in [4.69, 9.17) is 4.74 Å². The normalized spacial score (nSPS) is 5.45. The maximum Gasteiger partial charge on any atom is 0.0466 e. The van der Waals surface area contributed by atoms with Crippen LogP contribution in [0, 0.1) is 0 Å². The minimum Gasteiger partial charge on any atom is -0.412 e. The Labute approximate surface area is 125 Å². The van der Waals surface area contributed by atoms with Crippen molar-refractivity contribution >= 4 is 0 Å². The lowest BCUT2D eigenvalue weighted by Gasteiger charge is -1.76. The van der Waals surface area contributed by atoms with Crippen LogP contribution >= 0.6 is 0 Å². The molecule has 1 aliphatic heterocycles. The van der Waals surface area contributed by atoms with Gasteiger partial charge in [0.05, 0.1) is 0 Å². The summed E-state index contributed by atoms with van der Waals surface area (Å²) in [6.45, 7) is 2.00. The van der Waals surface area contributed by atoms with Crippen LogP contribution in [-0.2, 0) is 4.74 Å². The summed E-state index contributed by atoms with van der Waals surface area (Å²) in [5, 5.41) is 0. The number of rotatable bonds is 0. The van der Waals surface area contributed by atoms with Crippen LogP contribution in [0.1, 0.15) is 12.8 Å². The highest BCUT2D eigenvalue weighted by molar-refractivity contribution is 4.43. The van der Waals surface area contributed by atoms with Gasteiger partial charge in [-0.2, -0.15) is 0 Å². The van der Waals surface area contributed by atoms with Gasteiger partial charge in [-0.3, -0.25) is 0 Å². The summed E-state index contributed by atoms with van der Waals surface area (Å²) in [5.74, 6) is 0. The van der Waals surface area contributed by atoms with Gasteiger partial charge in [0, 0.05) is 13.2 Å². The van der Waals surface area contributed by atoms with Crippen LogP contribution in [0.2, 0.25) is 0 Å². The largest absolute Gasteiger partial charge is 0.412 e. The molecule has 22 heavy (non-hydrogen) atoms. The van der Waals surface area contributed by atoms with Crippen molar-refractivity contribution in [1.29, 1.82) is 0 Å². The molecule has 166 valence electrons. The molecule has 18 heteroatoms. The molecular formula is C4H42O18. The molecule has 0 radical (unpaired) electrons. The molecule has 0 bridgehead atoms. The van der Waals surface area contributed by atoms with E-state index in [1.165, 1.54) is 12.8 Å². The lowest BCUT2D eigenvalue weighted by Crippen LogP contribution is -1.74. The molecule has 1 heterocycles. The topological polar surface area (TPSA) is 545 Å². The number of hydrogen-bond donors (Lipinski definition) is 0. The zero-order chi connectivity index (χ0) is 3.54. The monoisotopic (exact) mass is 378 g/mol. The molecule has 1 aliphatic rings. The third kappa shape index (κ3) is 352. The van der Waals surface area contributed by atoms with E-state index < -0.39 is 0 Å². The second-order valence-electron chi connectivity index (χ2n) is 1.32. The third-order valence-corrected chi connectivity index (χ3v) is 0.827. The Morgan fingerprint density at radius 2 is 0.409 bits per heavy atom. The van der Waals surface area contributed by atoms with Crippen LogP contribution in [-0.4, -0.2) is 106 Å². The predicted molar refractivity (Wildman–Crippen MR) is 81.5 cm³/mol. The second-order valence-corrected chi connectivity index (χ2v) is 1.32. The Morgan fingerprint density at radius 3 is 0.455 bits per heavy atom. The van der Waals surface area contributed by atoms with Crippen molar-refractivity contribution in [2.45, 2.75) is 12.8 Å². The molecule has 0 aromatic heterocycles. The first-order chi connectivity index (χ1) is 2.50. The van der Waals surface area contributed by atoms with Crippen LogP contribution in [0.4, 0.5) is 0 Å². The van der Waals surface area contributed by atoms with Gasteiger partial charge in [-0.05, 0) is 12.8 Å². The van der Waals surface area contributed by atoms with Gasteiger partial charge in [0.2, 0.25) is 0 Å². The summed E-state index contributed by atoms with van der Waals surface area (Å²) in [4.78, 5) is 0. The molecule has 1 saturated heterocycles. The molecule has 0 aromatic rings. The molecule has 0 spiro atoms. The average molecular weight is 378 g/mol. The van der Waals surface area contributed by atoms with Crippen molar-refractivity contribution < 1.29 is 97.8 Å². The van der Waals surface area contributed by atoms with Gasteiger partial charge in [-0.25, -0.2) is 0 Å². The van der Waals surface area contributed by atoms with Crippen molar-refractivity contribution in [3.63, 3.8) is 0 Å². The lowest BCUT2D eigenvalue weighted by atomic mass is 10.4. The van der Waals surface area contributed by atoms with E-state index in [0.29, 0.717) is 0 Å². The Bertz CT molecular complexity index is 26.7. The fourth-order valence-corrected chi connectivity index (χ4v) is 0.510. The molecule has 0 amide bonds. The highest BCUT2D eigenvalue weighted by Gasteiger charge is 1.94. The molecule has 0 unspecified atom stereocenters. The minimum absolute atomic E-state index is 0. The summed E-state index contributed by atoms with van der Waals surface area (Å²) >= 11 is 0. The van der Waals surface area contributed by atoms with Crippen molar-refractivity contribution in [2.75, 3.05) is 13.2 Å². The number of ether oxygens (including phenoxy) is 1. The van der Waals surface area contributed by atoms with E-state index in [0.717, 1.165) is 13.2 Å². The maximum absolute atomic E-state index is 4.94. The summed E-state index contributed by atoms with van der Waals surface area (Å²) in [7, 11) is 0. The van der Waals surface area contributed by atoms with E-state index in [-0.39, 0.29) is 93.1 Å². The molecule has 0 atom stereocenters. The molecule has 0 aromatic carbocycles. The van der Waals surface area contributed by atoms with Crippen LogP contribution in [0.15, 0.2) is 0 Å². The van der Waals surface area contributed by atoms with E-state index >= 15 is 0 Å². The zero-order valence-corrected chi connectivity index (χ0v) is 11.7. The first kappa shape index (κ1) is 478. The first-order valence-electron chi connectivity index (χ1n) is 2.08. The second kappa shape index (κ2) is 412. The molecule has 1 rings (SSSR count). The van der Waals surface area contributed by atoms with Gasteiger partial charge in [0.15, 0.2) is 0 Å². The van der Waals surface area contributed by atoms with Gasteiger partial charge >= 0.3 is 0 Å². The molecule has 18 nitrogen and oxygen atoms in total. The Morgan fingerprint density at radius 1 is 0.273 bits per heavy atom. The molecular weight excluding hydrogens is 336 g/mol. The van der Waals surface area contributed by atoms with Crippen LogP contribution in [0.25, 0.3) is 0 Å². The maximum atomic E-state index is 4.94. The van der Waals surface area contributed by atoms with E-state index in [9.17, 15) is 0 Å². The van der Waals surface area contributed by atoms with Crippen molar-refractivity contribution in [3.8, 4) is 0 Å². The van der Waals surface area contributed by atoms with Gasteiger partial charge in [0.1, 0.15) is 0 Å². The van der Waals surface area contributed by atoms with Gasteiger partial charge in [-0.15, -0.1) is 0 Å². The van der Waals surface area contributed by atoms with Gasteiger partial charge < -0.3 is 97.8 Å². The van der Waals surface area contributed by atoms with E-state index in [1.54, 1.807) is 0 Å². The fourth-order valence-electron chi connectivity index (χ4n) is 0.510. The highest BCUT2D eigenvalue weighted by atomic mass is 16.5. The summed E-state index contributed by atoms with van der Waals surface area (Å²) in [6.07, 6.45) is 2.56. The van der Waals surface area contributed by atoms with Crippen LogP contribution in [0.5, 0.6) is 0 Å². The van der Waals surface area contributed by atoms with E-state index in [1.807, 2.05) is 0 Å². The molecule has 0 aliphatic carbocycles. The standard InChI is InChI=1S/C4H8O.17H2O/c1-2-4-5-3-1;;;;;;;;;;;;;;;;;/h1-4H2;17*1H2. The summed E-state index contributed by atoms with van der Waals surface area (Å²) in [5.41, 5.74) is 0. The highest BCUT2D eigenvalue weighted by Crippen LogP contribution is 1.98. The van der Waals surface area contributed by atoms with Gasteiger partial charge in [-0.1, -0.05) is 0 Å². The van der Waals surface area contributed by atoms with Crippen molar-refractivity contribution in [2.24, 2.45) is 0 Å². The van der Waals surface area contributed by atoms with Crippen molar-refractivity contribution in [3.05, 3.63) is 0 Å². The predicted octanol–water partition coefficient (Wildman–Crippen LogP) is -13.2. The quantitative estimate of drug-likeness (QED) is 0.389. The summed E-state index contributed by atoms with van der Waals surface area (Å²) < 4.78 is 4.94. The first-order valence-corrected chi connectivity index (χ1v) is 2.08.